The summed E-state index contributed by atoms with van der Waals surface area (Å²) in [6.45, 7) is 0.933. The van der Waals surface area contributed by atoms with Gasteiger partial charge in [-0.15, -0.1) is 5.10 Å². The third kappa shape index (κ3) is 3.31. The van der Waals surface area contributed by atoms with Gasteiger partial charge in [0.2, 0.25) is 0 Å². The van der Waals surface area contributed by atoms with Crippen molar-refractivity contribution in [2.24, 2.45) is 10.3 Å². The molecule has 0 saturated heterocycles. The minimum absolute atomic E-state index is 0.282. The molecule has 0 aliphatic carbocycles. The molecule has 0 unspecified atom stereocenters. The van der Waals surface area contributed by atoms with Gasteiger partial charge < -0.3 is 4.74 Å². The van der Waals surface area contributed by atoms with Crippen LogP contribution in [0.5, 0.6) is 0 Å². The lowest BCUT2D eigenvalue weighted by atomic mass is 10.1. The smallest absolute Gasteiger partial charge is 0.277 e. The minimum atomic E-state index is -0.282. The van der Waals surface area contributed by atoms with Crippen molar-refractivity contribution in [3.05, 3.63) is 28.0 Å². The number of fused-ring (bicyclic) bond motifs is 1. The first-order chi connectivity index (χ1) is 10.7. The number of hydrogen-bond donors (Lipinski definition) is 1. The summed E-state index contributed by atoms with van der Waals surface area (Å²) in [6.07, 6.45) is 1.30. The standard InChI is InChI=1S/C13H16N6O3/c1-14-17-15-11-7-10-12(6-9(11)8-20)16-18-19(13(10)21)4-3-5-22-2/h6-8H,3-5H2,1-2H3,(H,14,15). The molecule has 0 spiro atoms. The highest BCUT2D eigenvalue weighted by atomic mass is 16.5. The molecule has 0 aliphatic heterocycles. The molecule has 0 aliphatic rings. The molecule has 1 N–H and O–H groups in total. The number of anilines is 1. The lowest BCUT2D eigenvalue weighted by molar-refractivity contribution is 0.112. The molecule has 22 heavy (non-hydrogen) atoms. The van der Waals surface area contributed by atoms with Gasteiger partial charge in [-0.3, -0.25) is 15.0 Å². The largest absolute Gasteiger partial charge is 0.385 e. The van der Waals surface area contributed by atoms with E-state index in [0.717, 1.165) is 0 Å². The van der Waals surface area contributed by atoms with Crippen LogP contribution < -0.4 is 11.0 Å². The van der Waals surface area contributed by atoms with E-state index in [4.69, 9.17) is 4.74 Å². The van der Waals surface area contributed by atoms with Crippen LogP contribution in [0, 0.1) is 0 Å². The number of aromatic nitrogens is 3. The molecule has 9 nitrogen and oxygen atoms in total. The number of aldehydes is 1. The van der Waals surface area contributed by atoms with Gasteiger partial charge in [-0.05, 0) is 18.6 Å². The predicted octanol–water partition coefficient (Wildman–Crippen LogP) is 1.05. The van der Waals surface area contributed by atoms with Gasteiger partial charge in [-0.2, -0.15) is 5.11 Å². The van der Waals surface area contributed by atoms with Crippen molar-refractivity contribution < 1.29 is 9.53 Å². The SMILES string of the molecule is CN=NNc1cc2c(=O)n(CCCOC)nnc2cc1C=O. The van der Waals surface area contributed by atoms with Crippen LogP contribution in [0.3, 0.4) is 0 Å². The van der Waals surface area contributed by atoms with Crippen LogP contribution in [0.25, 0.3) is 10.9 Å². The summed E-state index contributed by atoms with van der Waals surface area (Å²) in [6, 6.07) is 3.02. The molecule has 0 fully saturated rings. The Morgan fingerprint density at radius 1 is 1.45 bits per heavy atom. The quantitative estimate of drug-likeness (QED) is 0.354. The van der Waals surface area contributed by atoms with Crippen LogP contribution >= 0.6 is 0 Å². The van der Waals surface area contributed by atoms with Crippen LogP contribution in [-0.2, 0) is 11.3 Å². The van der Waals surface area contributed by atoms with Crippen LogP contribution in [0.2, 0.25) is 0 Å². The fourth-order valence-electron chi connectivity index (χ4n) is 1.94. The lowest BCUT2D eigenvalue weighted by Gasteiger charge is -2.07. The number of aryl methyl sites for hydroxylation is 1. The molecule has 116 valence electrons. The number of nitrogens with one attached hydrogen (secondary N) is 1. The van der Waals surface area contributed by atoms with Crippen LogP contribution in [0.4, 0.5) is 5.69 Å². The summed E-state index contributed by atoms with van der Waals surface area (Å²) in [7, 11) is 3.08. The zero-order valence-corrected chi connectivity index (χ0v) is 12.3. The molecular formula is C13H16N6O3. The monoisotopic (exact) mass is 304 g/mol. The molecule has 2 rings (SSSR count). The summed E-state index contributed by atoms with van der Waals surface area (Å²) in [5, 5.41) is 15.4. The molecule has 9 heteroatoms. The Morgan fingerprint density at radius 3 is 2.95 bits per heavy atom. The molecule has 1 aromatic carbocycles. The zero-order valence-electron chi connectivity index (χ0n) is 12.3. The van der Waals surface area contributed by atoms with Crippen molar-refractivity contribution in [1.29, 1.82) is 0 Å². The Bertz CT molecular complexity index is 755. The van der Waals surface area contributed by atoms with Crippen molar-refractivity contribution >= 4 is 22.9 Å². The van der Waals surface area contributed by atoms with Gasteiger partial charge in [0.1, 0.15) is 5.52 Å². The number of nitrogens with zero attached hydrogens (tertiary/aromatic N) is 5. The van der Waals surface area contributed by atoms with E-state index in [0.29, 0.717) is 48.0 Å². The number of ether oxygens (including phenoxy) is 1. The normalized spacial score (nSPS) is 11.2. The summed E-state index contributed by atoms with van der Waals surface area (Å²) in [5.74, 6) is 0. The maximum absolute atomic E-state index is 12.4. The second kappa shape index (κ2) is 7.36. The first-order valence-corrected chi connectivity index (χ1v) is 6.61. The van der Waals surface area contributed by atoms with Crippen LogP contribution in [0.1, 0.15) is 16.8 Å². The van der Waals surface area contributed by atoms with Gasteiger partial charge in [0.05, 0.1) is 18.1 Å². The van der Waals surface area contributed by atoms with E-state index in [2.05, 4.69) is 26.1 Å². The number of methoxy groups -OCH3 is 1. The zero-order chi connectivity index (χ0) is 15.9. The van der Waals surface area contributed by atoms with Crippen LogP contribution in [-0.4, -0.2) is 42.0 Å². The van der Waals surface area contributed by atoms with Gasteiger partial charge in [-0.25, -0.2) is 4.68 Å². The highest BCUT2D eigenvalue weighted by Crippen LogP contribution is 2.19. The Labute approximate surface area is 126 Å². The molecule has 2 aromatic rings. The Balaban J connectivity index is 2.48. The highest BCUT2D eigenvalue weighted by molar-refractivity contribution is 5.93. The summed E-state index contributed by atoms with van der Waals surface area (Å²) in [4.78, 5) is 23.5. The third-order valence-corrected chi connectivity index (χ3v) is 3.01. The second-order valence-electron chi connectivity index (χ2n) is 4.45. The number of carbonyl (C=O) groups is 1. The van der Waals surface area contributed by atoms with Gasteiger partial charge in [-0.1, -0.05) is 10.4 Å². The molecular weight excluding hydrogens is 288 g/mol. The van der Waals surface area contributed by atoms with E-state index in [1.54, 1.807) is 7.11 Å². The number of rotatable bonds is 7. The molecule has 0 atom stereocenters. The van der Waals surface area contributed by atoms with Gasteiger partial charge in [0.25, 0.3) is 5.56 Å². The van der Waals surface area contributed by atoms with E-state index < -0.39 is 0 Å². The number of hydrogen-bond acceptors (Lipinski definition) is 7. The van der Waals surface area contributed by atoms with E-state index in [9.17, 15) is 9.59 Å². The minimum Gasteiger partial charge on any atom is -0.385 e. The van der Waals surface area contributed by atoms with Crippen LogP contribution in [0.15, 0.2) is 27.3 Å². The second-order valence-corrected chi connectivity index (χ2v) is 4.45. The van der Waals surface area contributed by atoms with Crippen molar-refractivity contribution in [3.8, 4) is 0 Å². The topological polar surface area (TPSA) is 111 Å². The van der Waals surface area contributed by atoms with Gasteiger partial charge in [0, 0.05) is 25.8 Å². The summed E-state index contributed by atoms with van der Waals surface area (Å²) >= 11 is 0. The lowest BCUT2D eigenvalue weighted by Crippen LogP contribution is -2.25. The number of carbonyl (C=O) groups excluding carboxylic acids is 1. The third-order valence-electron chi connectivity index (χ3n) is 3.01. The van der Waals surface area contributed by atoms with Crippen molar-refractivity contribution in [2.75, 3.05) is 26.2 Å². The van der Waals surface area contributed by atoms with Crippen molar-refractivity contribution in [1.82, 2.24) is 15.0 Å². The predicted molar refractivity (Wildman–Crippen MR) is 80.1 cm³/mol. The van der Waals surface area contributed by atoms with Crippen molar-refractivity contribution in [3.63, 3.8) is 0 Å². The first kappa shape index (κ1) is 15.7. The molecule has 0 bridgehead atoms. The maximum Gasteiger partial charge on any atom is 0.277 e. The van der Waals surface area contributed by atoms with E-state index in [1.807, 2.05) is 0 Å². The summed E-state index contributed by atoms with van der Waals surface area (Å²) < 4.78 is 6.22. The molecule has 1 aromatic heterocycles. The molecule has 0 saturated carbocycles. The Kier molecular flexibility index (Phi) is 5.26. The fraction of sp³-hybridized carbons (Fsp3) is 0.385. The fourth-order valence-corrected chi connectivity index (χ4v) is 1.94. The Hall–Kier alpha value is -2.68. The van der Waals surface area contributed by atoms with E-state index in [1.165, 1.54) is 23.9 Å². The summed E-state index contributed by atoms with van der Waals surface area (Å²) in [5.41, 5.74) is 3.40. The molecule has 0 radical (unpaired) electrons. The first-order valence-electron chi connectivity index (χ1n) is 6.61. The van der Waals surface area contributed by atoms with E-state index in [-0.39, 0.29) is 5.56 Å². The highest BCUT2D eigenvalue weighted by Gasteiger charge is 2.10. The average molecular weight is 304 g/mol. The van der Waals surface area contributed by atoms with Gasteiger partial charge >= 0.3 is 0 Å². The average Bonchev–Trinajstić information content (AvgIpc) is 2.54. The van der Waals surface area contributed by atoms with Gasteiger partial charge in [0.15, 0.2) is 6.29 Å². The Morgan fingerprint density at radius 2 is 2.27 bits per heavy atom. The van der Waals surface area contributed by atoms with Crippen molar-refractivity contribution in [2.45, 2.75) is 13.0 Å². The molecule has 0 amide bonds. The molecule has 1 heterocycles. The maximum atomic E-state index is 12.4. The number of benzene rings is 1. The van der Waals surface area contributed by atoms with E-state index >= 15 is 0 Å².